The minimum absolute atomic E-state index is 0.145. The molecule has 3 rings (SSSR count). The highest BCUT2D eigenvalue weighted by Gasteiger charge is 2.23. The molecule has 1 saturated heterocycles. The second kappa shape index (κ2) is 8.11. The van der Waals surface area contributed by atoms with Gasteiger partial charge >= 0.3 is 0 Å². The number of aryl methyl sites for hydroxylation is 1. The summed E-state index contributed by atoms with van der Waals surface area (Å²) >= 11 is 0. The van der Waals surface area contributed by atoms with Crippen LogP contribution in [0.3, 0.4) is 0 Å². The van der Waals surface area contributed by atoms with Crippen molar-refractivity contribution in [1.29, 1.82) is 0 Å². The Kier molecular flexibility index (Phi) is 5.65. The third-order valence-electron chi connectivity index (χ3n) is 4.29. The summed E-state index contributed by atoms with van der Waals surface area (Å²) in [5.41, 5.74) is 0.869. The van der Waals surface area contributed by atoms with Gasteiger partial charge in [0.25, 0.3) is 0 Å². The fourth-order valence-electron chi connectivity index (χ4n) is 2.85. The first-order valence-corrected chi connectivity index (χ1v) is 8.51. The van der Waals surface area contributed by atoms with Crippen LogP contribution in [0.2, 0.25) is 0 Å². The van der Waals surface area contributed by atoms with Gasteiger partial charge in [0.1, 0.15) is 5.75 Å². The van der Waals surface area contributed by atoms with Gasteiger partial charge in [-0.1, -0.05) is 5.16 Å². The Morgan fingerprint density at radius 2 is 2.16 bits per heavy atom. The number of nitrogens with zero attached hydrogens (tertiary/aromatic N) is 3. The molecule has 134 valence electrons. The first-order chi connectivity index (χ1) is 12.2. The zero-order chi connectivity index (χ0) is 17.6. The Labute approximate surface area is 146 Å². The van der Waals surface area contributed by atoms with Crippen molar-refractivity contribution in [3.8, 4) is 17.1 Å². The standard InChI is InChI=1S/C18H23N3O4/c1-13-12-24-11-10-21(13)17(22)5-3-4-16-19-18(20-25-16)14-6-8-15(23-2)9-7-14/h6-9,13H,3-5,10-12H2,1-2H3/t13-/m0/s1. The zero-order valence-electron chi connectivity index (χ0n) is 14.6. The van der Waals surface area contributed by atoms with Crippen molar-refractivity contribution >= 4 is 5.91 Å². The molecule has 25 heavy (non-hydrogen) atoms. The highest BCUT2D eigenvalue weighted by Crippen LogP contribution is 2.20. The maximum Gasteiger partial charge on any atom is 0.226 e. The number of morpholine rings is 1. The number of ether oxygens (including phenoxy) is 2. The molecular formula is C18H23N3O4. The fourth-order valence-corrected chi connectivity index (χ4v) is 2.85. The van der Waals surface area contributed by atoms with Crippen LogP contribution in [0.5, 0.6) is 5.75 Å². The number of carbonyl (C=O) groups is 1. The van der Waals surface area contributed by atoms with Gasteiger partial charge in [0.05, 0.1) is 26.4 Å². The summed E-state index contributed by atoms with van der Waals surface area (Å²) in [6, 6.07) is 7.63. The molecule has 0 spiro atoms. The number of hydrogen-bond acceptors (Lipinski definition) is 6. The van der Waals surface area contributed by atoms with Crippen LogP contribution in [-0.2, 0) is 16.0 Å². The normalized spacial score (nSPS) is 17.5. The van der Waals surface area contributed by atoms with Crippen molar-refractivity contribution in [2.75, 3.05) is 26.9 Å². The van der Waals surface area contributed by atoms with Crippen molar-refractivity contribution in [2.45, 2.75) is 32.2 Å². The van der Waals surface area contributed by atoms with E-state index >= 15 is 0 Å². The molecule has 1 fully saturated rings. The lowest BCUT2D eigenvalue weighted by molar-refractivity contribution is -0.139. The van der Waals surface area contributed by atoms with E-state index in [2.05, 4.69) is 10.1 Å². The van der Waals surface area contributed by atoms with Crippen molar-refractivity contribution in [3.05, 3.63) is 30.2 Å². The summed E-state index contributed by atoms with van der Waals surface area (Å²) in [6.07, 6.45) is 1.76. The number of methoxy groups -OCH3 is 1. The van der Waals surface area contributed by atoms with Gasteiger partial charge < -0.3 is 18.9 Å². The number of aromatic nitrogens is 2. The molecule has 7 heteroatoms. The predicted octanol–water partition coefficient (Wildman–Crippen LogP) is 2.32. The van der Waals surface area contributed by atoms with Gasteiger partial charge in [0.15, 0.2) is 0 Å². The Morgan fingerprint density at radius 3 is 2.88 bits per heavy atom. The fraction of sp³-hybridized carbons (Fsp3) is 0.500. The quantitative estimate of drug-likeness (QED) is 0.799. The van der Waals surface area contributed by atoms with E-state index < -0.39 is 0 Å². The van der Waals surface area contributed by atoms with E-state index in [1.54, 1.807) is 7.11 Å². The summed E-state index contributed by atoms with van der Waals surface area (Å²) < 4.78 is 15.8. The maximum absolute atomic E-state index is 12.3. The smallest absolute Gasteiger partial charge is 0.226 e. The van der Waals surface area contributed by atoms with E-state index in [0.29, 0.717) is 50.7 Å². The Balaban J connectivity index is 1.50. The van der Waals surface area contributed by atoms with Gasteiger partial charge in [-0.15, -0.1) is 0 Å². The molecule has 1 aliphatic heterocycles. The second-order valence-corrected chi connectivity index (χ2v) is 6.10. The lowest BCUT2D eigenvalue weighted by Crippen LogP contribution is -2.47. The van der Waals surface area contributed by atoms with Crippen molar-refractivity contribution in [2.24, 2.45) is 0 Å². The summed E-state index contributed by atoms with van der Waals surface area (Å²) in [7, 11) is 1.63. The molecule has 0 bridgehead atoms. The average Bonchev–Trinajstić information content (AvgIpc) is 3.11. The number of amides is 1. The lowest BCUT2D eigenvalue weighted by atomic mass is 10.1. The van der Waals surface area contributed by atoms with Crippen molar-refractivity contribution in [1.82, 2.24) is 15.0 Å². The van der Waals surface area contributed by atoms with Crippen molar-refractivity contribution < 1.29 is 18.8 Å². The van der Waals surface area contributed by atoms with Crippen LogP contribution in [0.15, 0.2) is 28.8 Å². The molecule has 0 N–H and O–H groups in total. The summed E-state index contributed by atoms with van der Waals surface area (Å²) in [6.45, 7) is 3.91. The van der Waals surface area contributed by atoms with Crippen LogP contribution in [0.25, 0.3) is 11.4 Å². The van der Waals surface area contributed by atoms with Gasteiger partial charge in [-0.25, -0.2) is 0 Å². The minimum Gasteiger partial charge on any atom is -0.497 e. The third kappa shape index (κ3) is 4.36. The van der Waals surface area contributed by atoms with E-state index in [-0.39, 0.29) is 11.9 Å². The molecule has 1 aliphatic rings. The Hall–Kier alpha value is -2.41. The minimum atomic E-state index is 0.145. The van der Waals surface area contributed by atoms with E-state index in [9.17, 15) is 4.79 Å². The van der Waals surface area contributed by atoms with Crippen molar-refractivity contribution in [3.63, 3.8) is 0 Å². The number of rotatable bonds is 6. The number of benzene rings is 1. The summed E-state index contributed by atoms with van der Waals surface area (Å²) in [5.74, 6) is 2.04. The maximum atomic E-state index is 12.3. The van der Waals surface area contributed by atoms with Crippen LogP contribution in [0.4, 0.5) is 0 Å². The molecule has 0 saturated carbocycles. The topological polar surface area (TPSA) is 77.7 Å². The average molecular weight is 345 g/mol. The third-order valence-corrected chi connectivity index (χ3v) is 4.29. The number of carbonyl (C=O) groups excluding carboxylic acids is 1. The zero-order valence-corrected chi connectivity index (χ0v) is 14.6. The van der Waals surface area contributed by atoms with Crippen LogP contribution >= 0.6 is 0 Å². The molecule has 2 heterocycles. The number of hydrogen-bond donors (Lipinski definition) is 0. The SMILES string of the molecule is COc1ccc(-c2noc(CCCC(=O)N3CCOC[C@@H]3C)n2)cc1. The van der Waals surface area contributed by atoms with Crippen LogP contribution in [0.1, 0.15) is 25.7 Å². The molecular weight excluding hydrogens is 322 g/mol. The monoisotopic (exact) mass is 345 g/mol. The molecule has 0 aliphatic carbocycles. The van der Waals surface area contributed by atoms with Gasteiger partial charge in [0.2, 0.25) is 17.6 Å². The van der Waals surface area contributed by atoms with Gasteiger partial charge in [0, 0.05) is 24.9 Å². The Morgan fingerprint density at radius 1 is 1.36 bits per heavy atom. The first kappa shape index (κ1) is 17.4. The molecule has 0 radical (unpaired) electrons. The molecule has 2 aromatic rings. The highest BCUT2D eigenvalue weighted by atomic mass is 16.5. The van der Waals surface area contributed by atoms with Crippen LogP contribution in [-0.4, -0.2) is 53.9 Å². The Bertz CT molecular complexity index is 699. The van der Waals surface area contributed by atoms with Gasteiger partial charge in [-0.05, 0) is 37.6 Å². The summed E-state index contributed by atoms with van der Waals surface area (Å²) in [5, 5.41) is 4.00. The van der Waals surface area contributed by atoms with Crippen LogP contribution < -0.4 is 4.74 Å². The van der Waals surface area contributed by atoms with E-state index in [0.717, 1.165) is 11.3 Å². The van der Waals surface area contributed by atoms with Gasteiger partial charge in [-0.2, -0.15) is 4.98 Å². The summed E-state index contributed by atoms with van der Waals surface area (Å²) in [4.78, 5) is 18.6. The highest BCUT2D eigenvalue weighted by molar-refractivity contribution is 5.76. The molecule has 7 nitrogen and oxygen atoms in total. The largest absolute Gasteiger partial charge is 0.497 e. The molecule has 1 atom stereocenters. The molecule has 1 aromatic carbocycles. The van der Waals surface area contributed by atoms with E-state index in [4.69, 9.17) is 14.0 Å². The first-order valence-electron chi connectivity index (χ1n) is 8.51. The predicted molar refractivity (Wildman–Crippen MR) is 91.2 cm³/mol. The molecule has 0 unspecified atom stereocenters. The molecule has 1 aromatic heterocycles. The lowest BCUT2D eigenvalue weighted by Gasteiger charge is -2.33. The van der Waals surface area contributed by atoms with E-state index in [1.807, 2.05) is 36.1 Å². The van der Waals surface area contributed by atoms with E-state index in [1.165, 1.54) is 0 Å². The molecule has 1 amide bonds. The van der Waals surface area contributed by atoms with Crippen LogP contribution in [0, 0.1) is 0 Å². The second-order valence-electron chi connectivity index (χ2n) is 6.10. The van der Waals surface area contributed by atoms with Gasteiger partial charge in [-0.3, -0.25) is 4.79 Å².